The minimum atomic E-state index is -3.36. The maximum atomic E-state index is 13.5. The van der Waals surface area contributed by atoms with Crippen molar-refractivity contribution >= 4 is 18.5 Å². The number of aromatic hydroxyl groups is 2. The lowest BCUT2D eigenvalue weighted by Gasteiger charge is -2.32. The molecule has 2 rings (SSSR count). The molecule has 1 aliphatic heterocycles. The van der Waals surface area contributed by atoms with Crippen LogP contribution in [0.1, 0.15) is 11.6 Å². The smallest absolute Gasteiger partial charge is 0.408 e. The normalized spacial score (nSPS) is 21.4. The molecule has 1 heterocycles. The van der Waals surface area contributed by atoms with Crippen molar-refractivity contribution in [2.45, 2.75) is 12.0 Å². The van der Waals surface area contributed by atoms with Gasteiger partial charge in [0.15, 0.2) is 18.1 Å². The summed E-state index contributed by atoms with van der Waals surface area (Å²) in [5.41, 5.74) is -0.258. The van der Waals surface area contributed by atoms with Crippen LogP contribution in [0.5, 0.6) is 11.5 Å². The lowest BCUT2D eigenvalue weighted by atomic mass is 9.99. The molecule has 1 aromatic carbocycles. The molecule has 1 aromatic rings. The molecule has 0 unspecified atom stereocenters. The van der Waals surface area contributed by atoms with E-state index in [9.17, 15) is 23.8 Å². The number of carbonyl (C=O) groups is 1. The van der Waals surface area contributed by atoms with E-state index in [1.54, 1.807) is 0 Å². The van der Waals surface area contributed by atoms with E-state index >= 15 is 0 Å². The minimum absolute atomic E-state index is 0. The van der Waals surface area contributed by atoms with Gasteiger partial charge >= 0.3 is 12.0 Å². The Balaban J connectivity index is 0.00000162. The Morgan fingerprint density at radius 1 is 1.39 bits per heavy atom. The second-order valence-electron chi connectivity index (χ2n) is 3.63. The average Bonchev–Trinajstić information content (AvgIpc) is 2.26. The molecule has 1 saturated heterocycles. The van der Waals surface area contributed by atoms with Crippen LogP contribution in [0.3, 0.4) is 0 Å². The van der Waals surface area contributed by atoms with Crippen molar-refractivity contribution in [2.24, 2.45) is 0 Å². The first-order valence-electron chi connectivity index (χ1n) is 4.74. The number of benzene rings is 1. The molecular weight excluding hydrogens is 272 g/mol. The van der Waals surface area contributed by atoms with Crippen LogP contribution < -0.4 is 5.32 Å². The zero-order valence-electron chi connectivity index (χ0n) is 8.89. The molecule has 1 atom stereocenters. The van der Waals surface area contributed by atoms with Gasteiger partial charge in [-0.1, -0.05) is 12.1 Å². The number of amides is 1. The highest BCUT2D eigenvalue weighted by Crippen LogP contribution is 2.41. The molecular formula is C10H10ClF2NO4. The van der Waals surface area contributed by atoms with E-state index < -0.39 is 36.2 Å². The second kappa shape index (κ2) is 4.85. The number of phenolic OH excluding ortho intramolecular Hbond substituents is 2. The van der Waals surface area contributed by atoms with Gasteiger partial charge in [0, 0.05) is 5.56 Å². The second-order valence-corrected chi connectivity index (χ2v) is 3.63. The quantitative estimate of drug-likeness (QED) is 0.687. The number of hydrogen-bond donors (Lipinski definition) is 3. The number of phenols is 2. The van der Waals surface area contributed by atoms with Crippen LogP contribution in [0.15, 0.2) is 18.2 Å². The summed E-state index contributed by atoms with van der Waals surface area (Å²) in [6.45, 7) is -1.07. The van der Waals surface area contributed by atoms with Gasteiger partial charge in [0.05, 0.1) is 0 Å². The maximum Gasteiger partial charge on any atom is 0.408 e. The fourth-order valence-electron chi connectivity index (χ4n) is 1.60. The highest BCUT2D eigenvalue weighted by atomic mass is 35.5. The van der Waals surface area contributed by atoms with Crippen molar-refractivity contribution < 1.29 is 28.5 Å². The molecule has 0 radical (unpaired) electrons. The molecule has 8 heteroatoms. The van der Waals surface area contributed by atoms with Crippen LogP contribution in [0.4, 0.5) is 13.6 Å². The van der Waals surface area contributed by atoms with Gasteiger partial charge in [-0.15, -0.1) is 12.4 Å². The summed E-state index contributed by atoms with van der Waals surface area (Å²) in [5, 5.41) is 20.6. The summed E-state index contributed by atoms with van der Waals surface area (Å²) < 4.78 is 31.2. The molecule has 1 aliphatic rings. The van der Waals surface area contributed by atoms with E-state index in [-0.39, 0.29) is 18.0 Å². The summed E-state index contributed by atoms with van der Waals surface area (Å²) >= 11 is 0. The molecule has 0 aliphatic carbocycles. The van der Waals surface area contributed by atoms with E-state index in [4.69, 9.17) is 0 Å². The molecule has 1 amide bonds. The van der Waals surface area contributed by atoms with Crippen molar-refractivity contribution in [3.05, 3.63) is 23.8 Å². The maximum absolute atomic E-state index is 13.5. The molecule has 0 aromatic heterocycles. The molecule has 100 valence electrons. The van der Waals surface area contributed by atoms with Crippen LogP contribution in [-0.2, 0) is 4.74 Å². The van der Waals surface area contributed by atoms with Crippen molar-refractivity contribution in [1.82, 2.24) is 5.32 Å². The molecule has 18 heavy (non-hydrogen) atoms. The summed E-state index contributed by atoms with van der Waals surface area (Å²) in [4.78, 5) is 10.9. The number of nitrogens with one attached hydrogen (secondary N) is 1. The number of cyclic esters (lactones) is 1. The van der Waals surface area contributed by atoms with Crippen LogP contribution in [0.2, 0.25) is 0 Å². The van der Waals surface area contributed by atoms with Crippen molar-refractivity contribution in [3.63, 3.8) is 0 Å². The SMILES string of the molecule is Cl.O=C1N[C@@H](c2cccc(O)c2O)C(F)(F)CO1. The number of ether oxygens (including phenoxy) is 1. The molecule has 0 saturated carbocycles. The third-order valence-electron chi connectivity index (χ3n) is 2.44. The van der Waals surface area contributed by atoms with Gasteiger partial charge in [-0.25, -0.2) is 13.6 Å². The van der Waals surface area contributed by atoms with Gasteiger partial charge < -0.3 is 20.3 Å². The predicted molar refractivity (Wildman–Crippen MR) is 59.2 cm³/mol. The van der Waals surface area contributed by atoms with Crippen molar-refractivity contribution in [3.8, 4) is 11.5 Å². The highest BCUT2D eigenvalue weighted by Gasteiger charge is 2.48. The monoisotopic (exact) mass is 281 g/mol. The summed E-state index contributed by atoms with van der Waals surface area (Å²) in [7, 11) is 0. The Morgan fingerprint density at radius 2 is 2.06 bits per heavy atom. The average molecular weight is 282 g/mol. The van der Waals surface area contributed by atoms with E-state index in [0.717, 1.165) is 6.07 Å². The fraction of sp³-hybridized carbons (Fsp3) is 0.300. The Bertz CT molecular complexity index is 469. The van der Waals surface area contributed by atoms with Crippen LogP contribution in [0.25, 0.3) is 0 Å². The Kier molecular flexibility index (Phi) is 3.85. The molecule has 5 nitrogen and oxygen atoms in total. The number of halogens is 3. The van der Waals surface area contributed by atoms with Gasteiger partial charge in [-0.2, -0.15) is 0 Å². The third kappa shape index (κ3) is 2.40. The molecule has 0 bridgehead atoms. The number of hydrogen-bond acceptors (Lipinski definition) is 4. The van der Waals surface area contributed by atoms with E-state index in [1.165, 1.54) is 12.1 Å². The van der Waals surface area contributed by atoms with E-state index in [2.05, 4.69) is 4.74 Å². The largest absolute Gasteiger partial charge is 0.504 e. The number of carbonyl (C=O) groups excluding carboxylic acids is 1. The van der Waals surface area contributed by atoms with Crippen LogP contribution >= 0.6 is 12.4 Å². The minimum Gasteiger partial charge on any atom is -0.504 e. The van der Waals surface area contributed by atoms with Gasteiger partial charge in [0.25, 0.3) is 0 Å². The topological polar surface area (TPSA) is 78.8 Å². The van der Waals surface area contributed by atoms with Gasteiger partial charge in [-0.3, -0.25) is 0 Å². The van der Waals surface area contributed by atoms with E-state index in [0.29, 0.717) is 0 Å². The van der Waals surface area contributed by atoms with E-state index in [1.807, 2.05) is 5.32 Å². The highest BCUT2D eigenvalue weighted by molar-refractivity contribution is 5.85. The summed E-state index contributed by atoms with van der Waals surface area (Å²) in [6, 6.07) is 1.91. The summed E-state index contributed by atoms with van der Waals surface area (Å²) in [6.07, 6.45) is -0.997. The number of alkyl carbamates (subject to hydrolysis) is 1. The van der Waals surface area contributed by atoms with Gasteiger partial charge in [0.1, 0.15) is 6.04 Å². The predicted octanol–water partition coefficient (Wildman–Crippen LogP) is 1.94. The zero-order chi connectivity index (χ0) is 12.6. The van der Waals surface area contributed by atoms with Crippen molar-refractivity contribution in [1.29, 1.82) is 0 Å². The number of alkyl halides is 2. The Labute approximate surface area is 107 Å². The van der Waals surface area contributed by atoms with Gasteiger partial charge in [-0.05, 0) is 6.07 Å². The first kappa shape index (κ1) is 14.3. The third-order valence-corrected chi connectivity index (χ3v) is 2.44. The molecule has 1 fully saturated rings. The number of para-hydroxylation sites is 1. The molecule has 3 N–H and O–H groups in total. The first-order chi connectivity index (χ1) is 7.92. The molecule has 0 spiro atoms. The lowest BCUT2D eigenvalue weighted by Crippen LogP contribution is -2.49. The fourth-order valence-corrected chi connectivity index (χ4v) is 1.60. The Morgan fingerprint density at radius 3 is 2.72 bits per heavy atom. The van der Waals surface area contributed by atoms with Crippen LogP contribution in [0, 0.1) is 0 Å². The van der Waals surface area contributed by atoms with Gasteiger partial charge in [0.2, 0.25) is 0 Å². The standard InChI is InChI=1S/C10H9F2NO4.ClH/c11-10(12)4-17-9(16)13-8(10)5-2-1-3-6(14)7(5)15;/h1-3,8,14-15H,4H2,(H,13,16);1H/t8-;/m0./s1. The first-order valence-corrected chi connectivity index (χ1v) is 4.74. The lowest BCUT2D eigenvalue weighted by molar-refractivity contribution is -0.104. The zero-order valence-corrected chi connectivity index (χ0v) is 9.71. The summed E-state index contributed by atoms with van der Waals surface area (Å²) in [5.74, 6) is -4.57. The Hall–Kier alpha value is -1.76. The number of rotatable bonds is 1. The van der Waals surface area contributed by atoms with Crippen LogP contribution in [-0.4, -0.2) is 28.8 Å². The van der Waals surface area contributed by atoms with Crippen molar-refractivity contribution in [2.75, 3.05) is 6.61 Å².